The molecule has 0 radical (unpaired) electrons. The van der Waals surface area contributed by atoms with E-state index < -0.39 is 12.0 Å². The van der Waals surface area contributed by atoms with Gasteiger partial charge in [0.1, 0.15) is 17.7 Å². The zero-order valence-corrected chi connectivity index (χ0v) is 24.4. The van der Waals surface area contributed by atoms with E-state index in [0.717, 1.165) is 28.2 Å². The van der Waals surface area contributed by atoms with E-state index in [1.54, 1.807) is 22.8 Å². The van der Waals surface area contributed by atoms with Crippen molar-refractivity contribution in [2.45, 2.75) is 51.9 Å². The van der Waals surface area contributed by atoms with Crippen molar-refractivity contribution in [1.82, 2.24) is 24.4 Å². The predicted octanol–water partition coefficient (Wildman–Crippen LogP) is 5.48. The van der Waals surface area contributed by atoms with Crippen LogP contribution in [0.1, 0.15) is 42.5 Å². The molecule has 8 nitrogen and oxygen atoms in total. The number of benzene rings is 3. The van der Waals surface area contributed by atoms with Crippen molar-refractivity contribution < 1.29 is 9.90 Å². The van der Waals surface area contributed by atoms with Crippen LogP contribution in [0.2, 0.25) is 5.02 Å². The molecule has 42 heavy (non-hydrogen) atoms. The van der Waals surface area contributed by atoms with Crippen molar-refractivity contribution in [2.24, 2.45) is 5.92 Å². The molecule has 0 bridgehead atoms. The van der Waals surface area contributed by atoms with Crippen molar-refractivity contribution in [3.8, 4) is 11.4 Å². The second-order valence-electron chi connectivity index (χ2n) is 11.3. The number of carboxylic acid groups (broad SMARTS) is 1. The van der Waals surface area contributed by atoms with Crippen LogP contribution in [0.15, 0.2) is 83.8 Å². The highest BCUT2D eigenvalue weighted by Gasteiger charge is 2.43. The van der Waals surface area contributed by atoms with Crippen LogP contribution in [0.25, 0.3) is 22.3 Å². The standard InChI is InChI=1S/C33H32ClN5O3/c1-19(2)29(31-37-26-15-23(34)13-14-25(26)32(40)39(31)17-21-7-5-4-6-8-21)38-18-24(16-27-28(36-27)33(41)42)35-30(38)22-11-9-20(3)10-12-22/h4-15,18-19,27-29,36H,16-17H2,1-3H3,(H,41,42)/t27-,28-,29-/m1/s1. The van der Waals surface area contributed by atoms with Crippen LogP contribution in [0, 0.1) is 12.8 Å². The smallest absolute Gasteiger partial charge is 0.322 e. The van der Waals surface area contributed by atoms with Gasteiger partial charge in [-0.3, -0.25) is 19.5 Å². The number of hydrogen-bond donors (Lipinski definition) is 2. The van der Waals surface area contributed by atoms with Gasteiger partial charge in [0.05, 0.1) is 29.2 Å². The van der Waals surface area contributed by atoms with Gasteiger partial charge in [-0.05, 0) is 36.6 Å². The zero-order valence-electron chi connectivity index (χ0n) is 23.7. The molecule has 3 atom stereocenters. The number of nitrogens with one attached hydrogen (secondary N) is 1. The second-order valence-corrected chi connectivity index (χ2v) is 11.8. The Labute approximate surface area is 248 Å². The molecule has 9 heteroatoms. The number of nitrogens with zero attached hydrogens (tertiary/aromatic N) is 4. The maximum atomic E-state index is 14.1. The number of halogens is 1. The van der Waals surface area contributed by atoms with E-state index in [9.17, 15) is 14.7 Å². The van der Waals surface area contributed by atoms with Crippen LogP contribution < -0.4 is 10.9 Å². The Kier molecular flexibility index (Phi) is 7.43. The van der Waals surface area contributed by atoms with Gasteiger partial charge in [-0.2, -0.15) is 0 Å². The van der Waals surface area contributed by atoms with Gasteiger partial charge in [-0.25, -0.2) is 9.97 Å². The van der Waals surface area contributed by atoms with E-state index in [-0.39, 0.29) is 23.6 Å². The molecule has 0 amide bonds. The molecule has 6 rings (SSSR count). The number of hydrogen-bond acceptors (Lipinski definition) is 5. The summed E-state index contributed by atoms with van der Waals surface area (Å²) in [7, 11) is 0. The van der Waals surface area contributed by atoms with Crippen molar-refractivity contribution >= 4 is 28.5 Å². The fourth-order valence-corrected chi connectivity index (χ4v) is 5.76. The van der Waals surface area contributed by atoms with E-state index >= 15 is 0 Å². The van der Waals surface area contributed by atoms with E-state index in [0.29, 0.717) is 34.7 Å². The molecule has 0 spiro atoms. The van der Waals surface area contributed by atoms with Crippen LogP contribution in [0.3, 0.4) is 0 Å². The molecule has 1 saturated heterocycles. The summed E-state index contributed by atoms with van der Waals surface area (Å²) in [6.45, 7) is 6.61. The van der Waals surface area contributed by atoms with Crippen LogP contribution in [0.5, 0.6) is 0 Å². The summed E-state index contributed by atoms with van der Waals surface area (Å²) in [4.78, 5) is 35.7. The molecule has 214 valence electrons. The summed E-state index contributed by atoms with van der Waals surface area (Å²) < 4.78 is 3.86. The van der Waals surface area contributed by atoms with Crippen LogP contribution in [-0.2, 0) is 17.8 Å². The summed E-state index contributed by atoms with van der Waals surface area (Å²) in [6.07, 6.45) is 2.46. The molecular weight excluding hydrogens is 550 g/mol. The highest BCUT2D eigenvalue weighted by Crippen LogP contribution is 2.33. The van der Waals surface area contributed by atoms with Gasteiger partial charge < -0.3 is 9.67 Å². The van der Waals surface area contributed by atoms with Crippen molar-refractivity contribution in [2.75, 3.05) is 0 Å². The van der Waals surface area contributed by atoms with Gasteiger partial charge in [0.25, 0.3) is 5.56 Å². The maximum absolute atomic E-state index is 14.1. The number of imidazole rings is 1. The Hall–Kier alpha value is -4.27. The molecule has 1 aliphatic heterocycles. The summed E-state index contributed by atoms with van der Waals surface area (Å²) in [5.41, 5.74) is 4.23. The van der Waals surface area contributed by atoms with Gasteiger partial charge in [0.15, 0.2) is 0 Å². The molecule has 1 fully saturated rings. The first-order chi connectivity index (χ1) is 20.2. The Bertz CT molecular complexity index is 1830. The first-order valence-corrected chi connectivity index (χ1v) is 14.4. The lowest BCUT2D eigenvalue weighted by Crippen LogP contribution is -2.31. The van der Waals surface area contributed by atoms with E-state index in [4.69, 9.17) is 21.6 Å². The lowest BCUT2D eigenvalue weighted by Gasteiger charge is -2.27. The topological polar surface area (TPSA) is 112 Å². The SMILES string of the molecule is Cc1ccc(-c2nc(C[C@H]3N[C@H]3C(=O)O)cn2[C@@H](c2nc3cc(Cl)ccc3c(=O)n2Cc2ccccc2)C(C)C)cc1. The fraction of sp³-hybridized carbons (Fsp3) is 0.273. The van der Waals surface area contributed by atoms with Crippen LogP contribution in [0.4, 0.5) is 0 Å². The first-order valence-electron chi connectivity index (χ1n) is 14.1. The molecule has 3 heterocycles. The second kappa shape index (κ2) is 11.2. The van der Waals surface area contributed by atoms with Gasteiger partial charge in [0.2, 0.25) is 0 Å². The molecule has 2 N–H and O–H groups in total. The van der Waals surface area contributed by atoms with Crippen LogP contribution >= 0.6 is 11.6 Å². The summed E-state index contributed by atoms with van der Waals surface area (Å²) >= 11 is 6.35. The Balaban J connectivity index is 1.55. The van der Waals surface area contributed by atoms with Gasteiger partial charge in [-0.1, -0.05) is 85.6 Å². The zero-order chi connectivity index (χ0) is 29.5. The molecule has 0 aliphatic carbocycles. The Morgan fingerprint density at radius 1 is 1.05 bits per heavy atom. The quantitative estimate of drug-likeness (QED) is 0.223. The molecule has 5 aromatic rings. The van der Waals surface area contributed by atoms with E-state index in [1.165, 1.54) is 0 Å². The lowest BCUT2D eigenvalue weighted by molar-refractivity contribution is -0.136. The average molecular weight is 582 g/mol. The molecular formula is C33H32ClN5O3. The number of aliphatic carboxylic acids is 1. The molecule has 0 unspecified atom stereocenters. The minimum Gasteiger partial charge on any atom is -0.480 e. The molecule has 1 aliphatic rings. The third-order valence-electron chi connectivity index (χ3n) is 7.80. The normalized spacial score (nSPS) is 17.1. The Morgan fingerprint density at radius 2 is 1.79 bits per heavy atom. The third-order valence-corrected chi connectivity index (χ3v) is 8.04. The molecule has 2 aromatic heterocycles. The van der Waals surface area contributed by atoms with E-state index in [2.05, 4.69) is 23.7 Å². The Morgan fingerprint density at radius 3 is 2.45 bits per heavy atom. The number of fused-ring (bicyclic) bond motifs is 1. The minimum atomic E-state index is -0.859. The number of carboxylic acids is 1. The highest BCUT2D eigenvalue weighted by molar-refractivity contribution is 6.31. The average Bonchev–Trinajstić information content (AvgIpc) is 3.62. The number of rotatable bonds is 9. The van der Waals surface area contributed by atoms with Crippen molar-refractivity contribution in [3.63, 3.8) is 0 Å². The highest BCUT2D eigenvalue weighted by atomic mass is 35.5. The first kappa shape index (κ1) is 27.9. The lowest BCUT2D eigenvalue weighted by atomic mass is 10.0. The number of aryl methyl sites for hydroxylation is 1. The summed E-state index contributed by atoms with van der Waals surface area (Å²) in [5.74, 6) is 0.511. The largest absolute Gasteiger partial charge is 0.480 e. The summed E-state index contributed by atoms with van der Waals surface area (Å²) in [6, 6.07) is 22.1. The predicted molar refractivity (Wildman–Crippen MR) is 164 cm³/mol. The van der Waals surface area contributed by atoms with Crippen molar-refractivity contribution in [1.29, 1.82) is 0 Å². The monoisotopic (exact) mass is 581 g/mol. The van der Waals surface area contributed by atoms with Gasteiger partial charge >= 0.3 is 5.97 Å². The van der Waals surface area contributed by atoms with Crippen LogP contribution in [-0.4, -0.2) is 42.3 Å². The number of aromatic nitrogens is 4. The molecule has 0 saturated carbocycles. The number of carbonyl (C=O) groups is 1. The third kappa shape index (κ3) is 5.47. The van der Waals surface area contributed by atoms with Gasteiger partial charge in [-0.15, -0.1) is 0 Å². The summed E-state index contributed by atoms with van der Waals surface area (Å²) in [5, 5.41) is 13.5. The van der Waals surface area contributed by atoms with Gasteiger partial charge in [0, 0.05) is 29.2 Å². The fourth-order valence-electron chi connectivity index (χ4n) is 5.59. The van der Waals surface area contributed by atoms with E-state index in [1.807, 2.05) is 67.7 Å². The van der Waals surface area contributed by atoms with Crippen molar-refractivity contribution in [3.05, 3.63) is 117 Å². The minimum absolute atomic E-state index is 0.0209. The molecule has 3 aromatic carbocycles. The maximum Gasteiger partial charge on any atom is 0.322 e.